The molecule has 0 saturated carbocycles. The van der Waals surface area contributed by atoms with Gasteiger partial charge in [0.05, 0.1) is 12.1 Å². The third-order valence-corrected chi connectivity index (χ3v) is 6.92. The molecule has 0 radical (unpaired) electrons. The molecule has 9 heteroatoms. The van der Waals surface area contributed by atoms with E-state index in [1.54, 1.807) is 18.2 Å². The summed E-state index contributed by atoms with van der Waals surface area (Å²) in [6.45, 7) is 2.01. The molecule has 2 aromatic rings. The maximum Gasteiger partial charge on any atom is 0.280 e. The first-order valence-electron chi connectivity index (χ1n) is 9.35. The molecule has 0 aromatic heterocycles. The van der Waals surface area contributed by atoms with Gasteiger partial charge < -0.3 is 14.8 Å². The van der Waals surface area contributed by atoms with Crippen molar-refractivity contribution in [3.05, 3.63) is 59.7 Å². The number of carbonyl (C=O) groups is 1. The summed E-state index contributed by atoms with van der Waals surface area (Å²) >= 11 is 0. The van der Waals surface area contributed by atoms with Crippen molar-refractivity contribution in [2.75, 3.05) is 13.8 Å². The molecular weight excluding hydrogens is 394 g/mol. The van der Waals surface area contributed by atoms with E-state index in [1.807, 2.05) is 37.3 Å². The molecule has 29 heavy (non-hydrogen) atoms. The first-order chi connectivity index (χ1) is 13.8. The minimum absolute atomic E-state index is 0.139. The number of ether oxygens (including phenoxy) is 2. The second kappa shape index (κ2) is 7.66. The second-order valence-corrected chi connectivity index (χ2v) is 8.96. The topological polar surface area (TPSA) is 97.0 Å². The van der Waals surface area contributed by atoms with Crippen molar-refractivity contribution in [3.8, 4) is 11.5 Å². The van der Waals surface area contributed by atoms with Gasteiger partial charge in [0.25, 0.3) is 10.2 Å². The van der Waals surface area contributed by atoms with Crippen LogP contribution in [0.25, 0.3) is 0 Å². The molecule has 2 N–H and O–H groups in total. The fourth-order valence-electron chi connectivity index (χ4n) is 3.59. The third-order valence-electron chi connectivity index (χ3n) is 5.33. The normalized spacial score (nSPS) is 24.1. The lowest BCUT2D eigenvalue weighted by Crippen LogP contribution is -2.57. The molecule has 0 bridgehead atoms. The zero-order chi connectivity index (χ0) is 20.6. The predicted octanol–water partition coefficient (Wildman–Crippen LogP) is 1.87. The molecule has 4 rings (SSSR count). The molecule has 8 nitrogen and oxygen atoms in total. The van der Waals surface area contributed by atoms with E-state index in [9.17, 15) is 13.2 Å². The fraction of sp³-hybridized carbons (Fsp3) is 0.350. The quantitative estimate of drug-likeness (QED) is 0.792. The Morgan fingerprint density at radius 1 is 1.17 bits per heavy atom. The van der Waals surface area contributed by atoms with Crippen LogP contribution in [0.15, 0.2) is 48.5 Å². The number of hydrogen-bond acceptors (Lipinski definition) is 5. The Kier molecular flexibility index (Phi) is 5.20. The number of nitrogens with zero attached hydrogens (tertiary/aromatic N) is 1. The Bertz CT molecular complexity index is 1010. The molecule has 0 aliphatic carbocycles. The number of amides is 1. The van der Waals surface area contributed by atoms with E-state index in [-0.39, 0.29) is 18.7 Å². The van der Waals surface area contributed by atoms with Crippen LogP contribution in [-0.4, -0.2) is 38.5 Å². The maximum absolute atomic E-state index is 13.0. The molecule has 1 fully saturated rings. The Morgan fingerprint density at radius 3 is 2.66 bits per heavy atom. The van der Waals surface area contributed by atoms with Gasteiger partial charge in [0.2, 0.25) is 12.7 Å². The molecule has 1 amide bonds. The zero-order valence-electron chi connectivity index (χ0n) is 16.2. The largest absolute Gasteiger partial charge is 0.454 e. The molecule has 2 heterocycles. The summed E-state index contributed by atoms with van der Waals surface area (Å²) in [5.74, 6) is 0.856. The molecule has 154 valence electrons. The lowest BCUT2D eigenvalue weighted by atomic mass is 9.98. The van der Waals surface area contributed by atoms with E-state index in [0.29, 0.717) is 17.9 Å². The molecule has 2 aliphatic heterocycles. The van der Waals surface area contributed by atoms with E-state index >= 15 is 0 Å². The van der Waals surface area contributed by atoms with Gasteiger partial charge in [-0.05, 0) is 36.6 Å². The average Bonchev–Trinajstić information content (AvgIpc) is 3.18. The van der Waals surface area contributed by atoms with E-state index < -0.39 is 22.3 Å². The van der Waals surface area contributed by atoms with Crippen LogP contribution in [0.2, 0.25) is 0 Å². The number of rotatable bonds is 4. The summed E-state index contributed by atoms with van der Waals surface area (Å²) in [4.78, 5) is 13.0. The van der Waals surface area contributed by atoms with E-state index in [1.165, 1.54) is 7.05 Å². The third kappa shape index (κ3) is 3.93. The van der Waals surface area contributed by atoms with Gasteiger partial charge in [-0.15, -0.1) is 0 Å². The van der Waals surface area contributed by atoms with Gasteiger partial charge in [0, 0.05) is 7.05 Å². The van der Waals surface area contributed by atoms with Gasteiger partial charge in [-0.3, -0.25) is 4.79 Å². The Morgan fingerprint density at radius 2 is 1.90 bits per heavy atom. The van der Waals surface area contributed by atoms with Crippen molar-refractivity contribution in [3.63, 3.8) is 0 Å². The van der Waals surface area contributed by atoms with Crippen LogP contribution < -0.4 is 19.5 Å². The number of carbonyl (C=O) groups excluding carboxylic acids is 1. The van der Waals surface area contributed by atoms with Crippen molar-refractivity contribution in [1.29, 1.82) is 0 Å². The lowest BCUT2D eigenvalue weighted by Gasteiger charge is -2.36. The van der Waals surface area contributed by atoms with Gasteiger partial charge in [-0.2, -0.15) is 17.4 Å². The highest BCUT2D eigenvalue weighted by molar-refractivity contribution is 7.87. The summed E-state index contributed by atoms with van der Waals surface area (Å²) in [7, 11) is -2.40. The lowest BCUT2D eigenvalue weighted by molar-refractivity contribution is -0.125. The van der Waals surface area contributed by atoms with Crippen LogP contribution in [0, 0.1) is 0 Å². The molecule has 3 unspecified atom stereocenters. The highest BCUT2D eigenvalue weighted by Crippen LogP contribution is 2.36. The summed E-state index contributed by atoms with van der Waals surface area (Å²) < 4.78 is 39.7. The zero-order valence-corrected chi connectivity index (χ0v) is 17.0. The van der Waals surface area contributed by atoms with Crippen LogP contribution in [0.1, 0.15) is 36.6 Å². The van der Waals surface area contributed by atoms with Crippen LogP contribution in [0.3, 0.4) is 0 Å². The molecule has 3 atom stereocenters. The minimum atomic E-state index is -3.82. The van der Waals surface area contributed by atoms with E-state index in [4.69, 9.17) is 9.47 Å². The number of nitrogens with one attached hydrogen (secondary N) is 2. The standard InChI is InChI=1S/C20H23N3O5S/c1-13(14-6-4-3-5-7-14)21-20(24)17-11-16(22-29(25,26)23(17)2)15-8-9-18-19(10-15)28-12-27-18/h3-10,13,16-17,22H,11-12H2,1-2H3,(H,21,24). The van der Waals surface area contributed by atoms with E-state index in [0.717, 1.165) is 15.4 Å². The highest BCUT2D eigenvalue weighted by atomic mass is 32.2. The molecular formula is C20H23N3O5S. The first kappa shape index (κ1) is 19.7. The number of hydrogen-bond donors (Lipinski definition) is 2. The van der Waals surface area contributed by atoms with E-state index in [2.05, 4.69) is 10.0 Å². The summed E-state index contributed by atoms with van der Waals surface area (Å²) in [6.07, 6.45) is 0.294. The van der Waals surface area contributed by atoms with Crippen LogP contribution >= 0.6 is 0 Å². The van der Waals surface area contributed by atoms with Gasteiger partial charge >= 0.3 is 0 Å². The van der Waals surface area contributed by atoms with Gasteiger partial charge in [0.15, 0.2) is 11.5 Å². The van der Waals surface area contributed by atoms with Crippen molar-refractivity contribution in [2.45, 2.75) is 31.5 Å². The maximum atomic E-state index is 13.0. The monoisotopic (exact) mass is 417 g/mol. The van der Waals surface area contributed by atoms with Crippen molar-refractivity contribution in [1.82, 2.24) is 14.3 Å². The number of likely N-dealkylation sites (N-methyl/N-ethyl adjacent to an activating group) is 1. The molecule has 0 spiro atoms. The smallest absolute Gasteiger partial charge is 0.280 e. The molecule has 2 aliphatic rings. The molecule has 1 saturated heterocycles. The fourth-order valence-corrected chi connectivity index (χ4v) is 4.87. The van der Waals surface area contributed by atoms with Gasteiger partial charge in [-0.25, -0.2) is 0 Å². The summed E-state index contributed by atoms with van der Waals surface area (Å²) in [5.41, 5.74) is 1.67. The SMILES string of the molecule is CC(NC(=O)C1CC(c2ccc3c(c2)OCO3)NS(=O)(=O)N1C)c1ccccc1. The predicted molar refractivity (Wildman–Crippen MR) is 107 cm³/mol. The van der Waals surface area contributed by atoms with Crippen molar-refractivity contribution < 1.29 is 22.7 Å². The number of fused-ring (bicyclic) bond motifs is 1. The minimum Gasteiger partial charge on any atom is -0.454 e. The Labute approximate surface area is 170 Å². The Hall–Kier alpha value is -2.62. The second-order valence-electron chi connectivity index (χ2n) is 7.20. The van der Waals surface area contributed by atoms with Gasteiger partial charge in [0.1, 0.15) is 6.04 Å². The highest BCUT2D eigenvalue weighted by Gasteiger charge is 2.41. The van der Waals surface area contributed by atoms with Crippen molar-refractivity contribution >= 4 is 16.1 Å². The van der Waals surface area contributed by atoms with Crippen LogP contribution in [0.5, 0.6) is 11.5 Å². The summed E-state index contributed by atoms with van der Waals surface area (Å²) in [5, 5.41) is 2.93. The Balaban J connectivity index is 1.55. The van der Waals surface area contributed by atoms with Gasteiger partial charge in [-0.1, -0.05) is 36.4 Å². The summed E-state index contributed by atoms with van der Waals surface area (Å²) in [6, 6.07) is 13.2. The first-order valence-corrected chi connectivity index (χ1v) is 10.8. The molecule has 2 aromatic carbocycles. The average molecular weight is 417 g/mol. The van der Waals surface area contributed by atoms with Crippen LogP contribution in [-0.2, 0) is 15.0 Å². The van der Waals surface area contributed by atoms with Crippen LogP contribution in [0.4, 0.5) is 0 Å². The van der Waals surface area contributed by atoms with Crippen molar-refractivity contribution in [2.24, 2.45) is 0 Å². The number of benzene rings is 2.